The molecule has 0 radical (unpaired) electrons. The second-order valence-electron chi connectivity index (χ2n) is 5.10. The molecule has 1 N–H and O–H groups in total. The molecule has 3 nitrogen and oxygen atoms in total. The van der Waals surface area contributed by atoms with E-state index >= 15 is 0 Å². The van der Waals surface area contributed by atoms with Crippen LogP contribution in [0.1, 0.15) is 26.7 Å². The van der Waals surface area contributed by atoms with Gasteiger partial charge in [-0.2, -0.15) is 0 Å². The zero-order valence-electron chi connectivity index (χ0n) is 9.95. The quantitative estimate of drug-likeness (QED) is 0.714. The highest BCUT2D eigenvalue weighted by molar-refractivity contribution is 4.89. The van der Waals surface area contributed by atoms with Crippen LogP contribution in [0.15, 0.2) is 0 Å². The number of aliphatic hydroxyl groups is 1. The topological polar surface area (TPSA) is 26.7 Å². The fourth-order valence-corrected chi connectivity index (χ4v) is 2.14. The van der Waals surface area contributed by atoms with Crippen LogP contribution in [-0.4, -0.2) is 60.3 Å². The predicted molar refractivity (Wildman–Crippen MR) is 59.4 cm³/mol. The molecule has 0 spiro atoms. The first-order valence-corrected chi connectivity index (χ1v) is 5.49. The van der Waals surface area contributed by atoms with Crippen LogP contribution in [0.4, 0.5) is 0 Å². The minimum absolute atomic E-state index is 0.255. The van der Waals surface area contributed by atoms with Gasteiger partial charge in [-0.05, 0) is 47.3 Å². The number of hydrogen-bond donors (Lipinski definition) is 1. The molecule has 14 heavy (non-hydrogen) atoms. The van der Waals surface area contributed by atoms with Crippen LogP contribution in [0.3, 0.4) is 0 Å². The van der Waals surface area contributed by atoms with Gasteiger partial charge in [0.25, 0.3) is 0 Å². The maximum Gasteiger partial charge on any atom is 0.0446 e. The maximum absolute atomic E-state index is 9.04. The Hall–Kier alpha value is -0.120. The lowest BCUT2D eigenvalue weighted by Crippen LogP contribution is -2.48. The summed E-state index contributed by atoms with van der Waals surface area (Å²) >= 11 is 0. The van der Waals surface area contributed by atoms with Gasteiger partial charge in [-0.25, -0.2) is 0 Å². The molecular weight excluding hydrogens is 176 g/mol. The van der Waals surface area contributed by atoms with E-state index in [1.807, 2.05) is 0 Å². The van der Waals surface area contributed by atoms with Crippen molar-refractivity contribution in [3.8, 4) is 0 Å². The Balaban J connectivity index is 2.70. The van der Waals surface area contributed by atoms with Crippen molar-refractivity contribution in [1.29, 1.82) is 0 Å². The van der Waals surface area contributed by atoms with E-state index in [0.717, 1.165) is 19.5 Å². The molecule has 0 aromatic rings. The van der Waals surface area contributed by atoms with Gasteiger partial charge in [0, 0.05) is 24.7 Å². The Morgan fingerprint density at radius 1 is 1.36 bits per heavy atom. The normalized spacial score (nSPS) is 30.2. The minimum Gasteiger partial charge on any atom is -0.396 e. The van der Waals surface area contributed by atoms with Gasteiger partial charge in [-0.1, -0.05) is 0 Å². The summed E-state index contributed by atoms with van der Waals surface area (Å²) in [4.78, 5) is 4.79. The van der Waals surface area contributed by atoms with E-state index in [4.69, 9.17) is 5.11 Å². The summed E-state index contributed by atoms with van der Waals surface area (Å²) in [7, 11) is 4.35. The first-order valence-electron chi connectivity index (χ1n) is 5.49. The zero-order valence-corrected chi connectivity index (χ0v) is 9.95. The third-order valence-corrected chi connectivity index (χ3v) is 3.59. The molecule has 1 aliphatic rings. The van der Waals surface area contributed by atoms with Crippen molar-refractivity contribution >= 4 is 0 Å². The molecule has 84 valence electrons. The smallest absolute Gasteiger partial charge is 0.0446 e. The molecule has 1 aliphatic heterocycles. The number of hydrogen-bond acceptors (Lipinski definition) is 3. The van der Waals surface area contributed by atoms with Gasteiger partial charge in [-0.3, -0.25) is 4.90 Å². The van der Waals surface area contributed by atoms with Crippen LogP contribution in [0.5, 0.6) is 0 Å². The van der Waals surface area contributed by atoms with Crippen LogP contribution < -0.4 is 0 Å². The molecule has 1 fully saturated rings. The Labute approximate surface area is 87.7 Å². The highest BCUT2D eigenvalue weighted by Gasteiger charge is 2.32. The minimum atomic E-state index is 0.255. The molecule has 0 bridgehead atoms. The van der Waals surface area contributed by atoms with Gasteiger partial charge >= 0.3 is 0 Å². The first-order chi connectivity index (χ1) is 6.47. The highest BCUT2D eigenvalue weighted by Crippen LogP contribution is 2.24. The summed E-state index contributed by atoms with van der Waals surface area (Å²) in [5, 5.41) is 9.04. The lowest BCUT2D eigenvalue weighted by Gasteiger charge is -2.38. The molecule has 1 saturated heterocycles. The summed E-state index contributed by atoms with van der Waals surface area (Å²) < 4.78 is 0. The lowest BCUT2D eigenvalue weighted by atomic mass is 9.97. The maximum atomic E-state index is 9.04. The predicted octanol–water partition coefficient (Wildman–Crippen LogP) is 0.783. The van der Waals surface area contributed by atoms with Gasteiger partial charge in [-0.15, -0.1) is 0 Å². The first kappa shape index (κ1) is 12.0. The fraction of sp³-hybridized carbons (Fsp3) is 1.00. The van der Waals surface area contributed by atoms with Gasteiger partial charge in [0.1, 0.15) is 0 Å². The monoisotopic (exact) mass is 200 g/mol. The van der Waals surface area contributed by atoms with Crippen LogP contribution >= 0.6 is 0 Å². The van der Waals surface area contributed by atoms with Gasteiger partial charge in [0.15, 0.2) is 0 Å². The number of nitrogens with zero attached hydrogens (tertiary/aromatic N) is 2. The van der Waals surface area contributed by atoms with E-state index in [1.54, 1.807) is 0 Å². The zero-order chi connectivity index (χ0) is 10.8. The molecule has 1 unspecified atom stereocenters. The van der Waals surface area contributed by atoms with Crippen molar-refractivity contribution in [2.75, 3.05) is 33.8 Å². The molecular formula is C11H24N2O. The Bertz CT molecular complexity index is 182. The highest BCUT2D eigenvalue weighted by atomic mass is 16.3. The molecule has 0 aromatic heterocycles. The van der Waals surface area contributed by atoms with Crippen LogP contribution in [0, 0.1) is 0 Å². The Morgan fingerprint density at radius 2 is 2.00 bits per heavy atom. The second-order valence-corrected chi connectivity index (χ2v) is 5.10. The largest absolute Gasteiger partial charge is 0.396 e. The molecule has 0 saturated carbocycles. The average Bonchev–Trinajstić information content (AvgIpc) is 2.20. The number of likely N-dealkylation sites (N-methyl/N-ethyl adjacent to an activating group) is 2. The summed E-state index contributed by atoms with van der Waals surface area (Å²) in [5.74, 6) is 0. The Kier molecular flexibility index (Phi) is 3.93. The van der Waals surface area contributed by atoms with Gasteiger partial charge in [0.2, 0.25) is 0 Å². The number of rotatable bonds is 2. The standard InChI is InChI=1S/C11H24N2O/c1-11(2)6-7-12(3)9-10(5-8-14)13(11)4/h10,14H,5-9H2,1-4H3. The molecule has 3 heteroatoms. The van der Waals surface area contributed by atoms with Crippen LogP contribution in [-0.2, 0) is 0 Å². The van der Waals surface area contributed by atoms with E-state index in [9.17, 15) is 0 Å². The summed E-state index contributed by atoms with van der Waals surface area (Å²) in [6.07, 6.45) is 2.08. The summed E-state index contributed by atoms with van der Waals surface area (Å²) in [6.45, 7) is 7.09. The molecule has 0 aliphatic carbocycles. The lowest BCUT2D eigenvalue weighted by molar-refractivity contribution is 0.0901. The van der Waals surface area contributed by atoms with Gasteiger partial charge in [0.05, 0.1) is 0 Å². The molecule has 1 rings (SSSR count). The van der Waals surface area contributed by atoms with Crippen molar-refractivity contribution in [2.24, 2.45) is 0 Å². The molecule has 0 aromatic carbocycles. The third kappa shape index (κ3) is 2.69. The van der Waals surface area contributed by atoms with E-state index in [-0.39, 0.29) is 5.54 Å². The summed E-state index contributed by atoms with van der Waals surface area (Å²) in [6, 6.07) is 0.488. The molecule has 0 amide bonds. The second kappa shape index (κ2) is 4.60. The van der Waals surface area contributed by atoms with Crippen molar-refractivity contribution in [3.63, 3.8) is 0 Å². The third-order valence-electron chi connectivity index (χ3n) is 3.59. The van der Waals surface area contributed by atoms with Gasteiger partial charge < -0.3 is 10.0 Å². The van der Waals surface area contributed by atoms with Crippen molar-refractivity contribution in [3.05, 3.63) is 0 Å². The Morgan fingerprint density at radius 3 is 2.57 bits per heavy atom. The molecule has 1 atom stereocenters. The van der Waals surface area contributed by atoms with E-state index in [0.29, 0.717) is 12.6 Å². The fourth-order valence-electron chi connectivity index (χ4n) is 2.14. The molecule has 1 heterocycles. The van der Waals surface area contributed by atoms with Crippen LogP contribution in [0.25, 0.3) is 0 Å². The van der Waals surface area contributed by atoms with E-state index in [2.05, 4.69) is 37.7 Å². The van der Waals surface area contributed by atoms with E-state index < -0.39 is 0 Å². The number of aliphatic hydroxyl groups excluding tert-OH is 1. The van der Waals surface area contributed by atoms with Crippen molar-refractivity contribution < 1.29 is 5.11 Å². The average molecular weight is 200 g/mol. The van der Waals surface area contributed by atoms with Crippen molar-refractivity contribution in [1.82, 2.24) is 9.80 Å². The van der Waals surface area contributed by atoms with E-state index in [1.165, 1.54) is 6.42 Å². The SMILES string of the molecule is CN1CCC(C)(C)N(C)C(CCO)C1. The van der Waals surface area contributed by atoms with Crippen molar-refractivity contribution in [2.45, 2.75) is 38.3 Å². The summed E-state index contributed by atoms with van der Waals surface area (Å²) in [5.41, 5.74) is 0.255. The van der Waals surface area contributed by atoms with Crippen LogP contribution in [0.2, 0.25) is 0 Å².